The lowest BCUT2D eigenvalue weighted by molar-refractivity contribution is -0.116. The van der Waals surface area contributed by atoms with Gasteiger partial charge in [0.05, 0.1) is 4.90 Å². The van der Waals surface area contributed by atoms with Crippen molar-refractivity contribution in [2.45, 2.75) is 57.5 Å². The zero-order valence-corrected chi connectivity index (χ0v) is 17.6. The van der Waals surface area contributed by atoms with E-state index >= 15 is 0 Å². The third-order valence-electron chi connectivity index (χ3n) is 5.21. The SMILES string of the molecule is CCCCN(Cc1ccccc1)S(=O)(=O)c1ccc2c(c1)CC(C)N2C(C)=O. The Bertz CT molecular complexity index is 942. The molecule has 1 aliphatic heterocycles. The van der Waals surface area contributed by atoms with E-state index in [1.807, 2.05) is 37.3 Å². The van der Waals surface area contributed by atoms with E-state index in [0.717, 1.165) is 29.7 Å². The van der Waals surface area contributed by atoms with Crippen LogP contribution in [0, 0.1) is 0 Å². The number of nitrogens with zero attached hydrogens (tertiary/aromatic N) is 2. The number of unbranched alkanes of at least 4 members (excludes halogenated alkanes) is 1. The van der Waals surface area contributed by atoms with Crippen LogP contribution in [0.15, 0.2) is 53.4 Å². The first-order valence-electron chi connectivity index (χ1n) is 9.81. The number of amides is 1. The van der Waals surface area contributed by atoms with Crippen LogP contribution in [0.2, 0.25) is 0 Å². The van der Waals surface area contributed by atoms with Gasteiger partial charge in [-0.25, -0.2) is 8.42 Å². The Morgan fingerprint density at radius 3 is 2.54 bits per heavy atom. The van der Waals surface area contributed by atoms with Gasteiger partial charge in [-0.2, -0.15) is 4.31 Å². The Hall–Kier alpha value is -2.18. The molecule has 0 saturated heterocycles. The number of hydrogen-bond donors (Lipinski definition) is 0. The molecule has 0 saturated carbocycles. The molecule has 1 atom stereocenters. The Morgan fingerprint density at radius 2 is 1.89 bits per heavy atom. The molecule has 0 bridgehead atoms. The molecule has 0 fully saturated rings. The van der Waals surface area contributed by atoms with Gasteiger partial charge in [-0.3, -0.25) is 4.79 Å². The van der Waals surface area contributed by atoms with Crippen LogP contribution in [-0.2, 0) is 27.8 Å². The van der Waals surface area contributed by atoms with E-state index in [1.54, 1.807) is 34.3 Å². The minimum Gasteiger partial charge on any atom is -0.309 e. The van der Waals surface area contributed by atoms with Crippen LogP contribution in [0.5, 0.6) is 0 Å². The summed E-state index contributed by atoms with van der Waals surface area (Å²) in [6, 6.07) is 14.9. The standard InChI is InChI=1S/C22H28N2O3S/c1-4-5-13-23(16-19-9-7-6-8-10-19)28(26,27)21-11-12-22-20(15-21)14-17(2)24(22)18(3)25/h6-12,15,17H,4-5,13-14,16H2,1-3H3. The first kappa shape index (κ1) is 20.6. The number of benzene rings is 2. The third kappa shape index (κ3) is 4.13. The minimum atomic E-state index is -3.62. The summed E-state index contributed by atoms with van der Waals surface area (Å²) in [5, 5.41) is 0. The molecular formula is C22H28N2O3S. The van der Waals surface area contributed by atoms with Crippen LogP contribution in [0.1, 0.15) is 44.7 Å². The fraction of sp³-hybridized carbons (Fsp3) is 0.409. The van der Waals surface area contributed by atoms with E-state index in [4.69, 9.17) is 0 Å². The number of fused-ring (bicyclic) bond motifs is 1. The van der Waals surface area contributed by atoms with Crippen LogP contribution < -0.4 is 4.90 Å². The molecule has 1 unspecified atom stereocenters. The topological polar surface area (TPSA) is 57.7 Å². The number of hydrogen-bond acceptors (Lipinski definition) is 3. The van der Waals surface area contributed by atoms with Crippen molar-refractivity contribution < 1.29 is 13.2 Å². The van der Waals surface area contributed by atoms with Crippen molar-refractivity contribution in [3.05, 3.63) is 59.7 Å². The summed E-state index contributed by atoms with van der Waals surface area (Å²) >= 11 is 0. The van der Waals surface area contributed by atoms with E-state index in [1.165, 1.54) is 0 Å². The lowest BCUT2D eigenvalue weighted by Gasteiger charge is -2.23. The smallest absolute Gasteiger partial charge is 0.243 e. The van der Waals surface area contributed by atoms with Crippen molar-refractivity contribution in [2.24, 2.45) is 0 Å². The molecule has 3 rings (SSSR count). The summed E-state index contributed by atoms with van der Waals surface area (Å²) in [4.78, 5) is 14.0. The number of carbonyl (C=O) groups excluding carboxylic acids is 1. The predicted octanol–water partition coefficient (Wildman–Crippen LogP) is 3.98. The van der Waals surface area contributed by atoms with Crippen molar-refractivity contribution in [2.75, 3.05) is 11.4 Å². The molecule has 0 radical (unpaired) electrons. The highest BCUT2D eigenvalue weighted by Crippen LogP contribution is 2.34. The normalized spacial score (nSPS) is 16.4. The zero-order valence-electron chi connectivity index (χ0n) is 16.8. The van der Waals surface area contributed by atoms with Crippen LogP contribution in [0.4, 0.5) is 5.69 Å². The van der Waals surface area contributed by atoms with Crippen molar-refractivity contribution in [1.29, 1.82) is 0 Å². The molecule has 6 heteroatoms. The van der Waals surface area contributed by atoms with Crippen molar-refractivity contribution >= 4 is 21.6 Å². The Kier molecular flexibility index (Phi) is 6.20. The maximum atomic E-state index is 13.4. The summed E-state index contributed by atoms with van der Waals surface area (Å²) in [5.74, 6) is -0.0180. The molecule has 28 heavy (non-hydrogen) atoms. The van der Waals surface area contributed by atoms with Crippen LogP contribution >= 0.6 is 0 Å². The Balaban J connectivity index is 1.93. The fourth-order valence-electron chi connectivity index (χ4n) is 3.80. The van der Waals surface area contributed by atoms with Crippen LogP contribution in [0.3, 0.4) is 0 Å². The van der Waals surface area contributed by atoms with E-state index in [-0.39, 0.29) is 11.9 Å². The lowest BCUT2D eigenvalue weighted by Crippen LogP contribution is -2.33. The van der Waals surface area contributed by atoms with Crippen molar-refractivity contribution in [3.8, 4) is 0 Å². The van der Waals surface area contributed by atoms with Crippen LogP contribution in [-0.4, -0.2) is 31.2 Å². The molecule has 0 aliphatic carbocycles. The van der Waals surface area contributed by atoms with E-state index < -0.39 is 10.0 Å². The molecule has 0 aromatic heterocycles. The minimum absolute atomic E-state index is 0.0180. The highest BCUT2D eigenvalue weighted by molar-refractivity contribution is 7.89. The van der Waals surface area contributed by atoms with Crippen molar-refractivity contribution in [1.82, 2.24) is 4.31 Å². The second-order valence-corrected chi connectivity index (χ2v) is 9.35. The molecule has 150 valence electrons. The quantitative estimate of drug-likeness (QED) is 0.706. The summed E-state index contributed by atoms with van der Waals surface area (Å²) < 4.78 is 28.3. The molecule has 2 aromatic rings. The molecule has 0 spiro atoms. The second kappa shape index (κ2) is 8.45. The number of sulfonamides is 1. The van der Waals surface area contributed by atoms with E-state index in [9.17, 15) is 13.2 Å². The average molecular weight is 401 g/mol. The van der Waals surface area contributed by atoms with Gasteiger partial charge in [0.2, 0.25) is 15.9 Å². The number of rotatable bonds is 7. The Morgan fingerprint density at radius 1 is 1.18 bits per heavy atom. The largest absolute Gasteiger partial charge is 0.309 e. The fourth-order valence-corrected chi connectivity index (χ4v) is 5.32. The van der Waals surface area contributed by atoms with Gasteiger partial charge in [0, 0.05) is 31.7 Å². The summed E-state index contributed by atoms with van der Waals surface area (Å²) in [5.41, 5.74) is 2.71. The van der Waals surface area contributed by atoms with Gasteiger partial charge in [0.25, 0.3) is 0 Å². The van der Waals surface area contributed by atoms with Crippen molar-refractivity contribution in [3.63, 3.8) is 0 Å². The van der Waals surface area contributed by atoms with Gasteiger partial charge in [0.1, 0.15) is 0 Å². The van der Waals surface area contributed by atoms with Gasteiger partial charge >= 0.3 is 0 Å². The monoisotopic (exact) mass is 400 g/mol. The first-order valence-corrected chi connectivity index (χ1v) is 11.3. The maximum absolute atomic E-state index is 13.4. The maximum Gasteiger partial charge on any atom is 0.243 e. The summed E-state index contributed by atoms with van der Waals surface area (Å²) in [7, 11) is -3.62. The molecular weight excluding hydrogens is 372 g/mol. The molecule has 0 N–H and O–H groups in total. The van der Waals surface area contributed by atoms with Gasteiger partial charge in [-0.05, 0) is 49.1 Å². The molecule has 1 amide bonds. The number of carbonyl (C=O) groups is 1. The van der Waals surface area contributed by atoms with Gasteiger partial charge < -0.3 is 4.90 Å². The zero-order chi connectivity index (χ0) is 20.3. The van der Waals surface area contributed by atoms with Crippen LogP contribution in [0.25, 0.3) is 0 Å². The second-order valence-electron chi connectivity index (χ2n) is 7.41. The lowest BCUT2D eigenvalue weighted by atomic mass is 10.1. The highest BCUT2D eigenvalue weighted by Gasteiger charge is 2.31. The molecule has 1 heterocycles. The average Bonchev–Trinajstić information content (AvgIpc) is 3.00. The number of anilines is 1. The first-order chi connectivity index (χ1) is 13.3. The van der Waals surface area contributed by atoms with E-state index in [2.05, 4.69) is 6.92 Å². The Labute approximate surface area is 168 Å². The van der Waals surface area contributed by atoms with Gasteiger partial charge in [-0.15, -0.1) is 0 Å². The summed E-state index contributed by atoms with van der Waals surface area (Å²) in [6.45, 7) is 6.43. The third-order valence-corrected chi connectivity index (χ3v) is 7.05. The predicted molar refractivity (Wildman–Crippen MR) is 112 cm³/mol. The molecule has 2 aromatic carbocycles. The van der Waals surface area contributed by atoms with Gasteiger partial charge in [-0.1, -0.05) is 43.7 Å². The van der Waals surface area contributed by atoms with E-state index in [0.29, 0.717) is 24.4 Å². The van der Waals surface area contributed by atoms with Gasteiger partial charge in [0.15, 0.2) is 0 Å². The molecule has 5 nitrogen and oxygen atoms in total. The highest BCUT2D eigenvalue weighted by atomic mass is 32.2. The molecule has 1 aliphatic rings. The summed E-state index contributed by atoms with van der Waals surface area (Å²) in [6.07, 6.45) is 2.41.